The Morgan fingerprint density at radius 3 is 2.50 bits per heavy atom. The molecule has 1 saturated heterocycles. The maximum Gasteiger partial charge on any atom is 0.295 e. The molecule has 0 spiro atoms. The minimum Gasteiger partial charge on any atom is -0.378 e. The second-order valence-electron chi connectivity index (χ2n) is 8.16. The highest BCUT2D eigenvalue weighted by Crippen LogP contribution is 2.31. The third kappa shape index (κ3) is 4.17. The van der Waals surface area contributed by atoms with Crippen LogP contribution < -0.4 is 15.9 Å². The first-order valence-corrected chi connectivity index (χ1v) is 11.2. The minimum atomic E-state index is -0.705. The molecule has 11 nitrogen and oxygen atoms in total. The minimum absolute atomic E-state index is 0.0326. The van der Waals surface area contributed by atoms with E-state index >= 15 is 0 Å². The number of aromatic nitrogens is 2. The van der Waals surface area contributed by atoms with E-state index in [1.807, 2.05) is 4.90 Å². The zero-order valence-electron chi connectivity index (χ0n) is 19.0. The van der Waals surface area contributed by atoms with Crippen LogP contribution in [-0.2, 0) is 4.74 Å². The molecule has 36 heavy (non-hydrogen) atoms. The van der Waals surface area contributed by atoms with E-state index in [-0.39, 0.29) is 16.9 Å². The van der Waals surface area contributed by atoms with Crippen molar-refractivity contribution in [3.8, 4) is 16.9 Å². The summed E-state index contributed by atoms with van der Waals surface area (Å²) in [6.07, 6.45) is 0. The fourth-order valence-electron chi connectivity index (χ4n) is 4.29. The fraction of sp³-hybridized carbons (Fsp3) is 0.160. The molecular weight excluding hydrogens is 466 g/mol. The highest BCUT2D eigenvalue weighted by molar-refractivity contribution is 5.98. The van der Waals surface area contributed by atoms with Crippen LogP contribution >= 0.6 is 0 Å². The van der Waals surface area contributed by atoms with Gasteiger partial charge < -0.3 is 9.64 Å². The largest absolute Gasteiger partial charge is 0.378 e. The summed E-state index contributed by atoms with van der Waals surface area (Å²) in [5.74, 6) is -0.705. The van der Waals surface area contributed by atoms with Crippen LogP contribution in [0, 0.1) is 10.1 Å². The molecule has 2 heterocycles. The Bertz CT molecular complexity index is 1540. The van der Waals surface area contributed by atoms with Crippen LogP contribution in [0.4, 0.5) is 11.4 Å². The normalized spacial score (nSPS) is 13.5. The number of nitro groups is 1. The summed E-state index contributed by atoms with van der Waals surface area (Å²) in [4.78, 5) is 38.9. The number of rotatable bonds is 5. The molecule has 1 aliphatic rings. The summed E-state index contributed by atoms with van der Waals surface area (Å²) < 4.78 is 6.44. The summed E-state index contributed by atoms with van der Waals surface area (Å²) in [5.41, 5.74) is 2.59. The molecule has 11 heteroatoms. The number of benzene rings is 3. The second kappa shape index (κ2) is 9.56. The number of nitro benzene ring substituents is 1. The second-order valence-corrected chi connectivity index (χ2v) is 8.16. The molecule has 1 fully saturated rings. The molecule has 0 radical (unpaired) electrons. The van der Waals surface area contributed by atoms with E-state index in [1.54, 1.807) is 54.0 Å². The quantitative estimate of drug-likeness (QED) is 0.249. The molecule has 182 valence electrons. The van der Waals surface area contributed by atoms with Crippen LogP contribution in [0.3, 0.4) is 0 Å². The van der Waals surface area contributed by atoms with Gasteiger partial charge in [0, 0.05) is 41.4 Å². The van der Waals surface area contributed by atoms with E-state index in [2.05, 4.69) is 5.10 Å². The monoisotopic (exact) mass is 487 g/mol. The van der Waals surface area contributed by atoms with Gasteiger partial charge in [-0.1, -0.05) is 30.3 Å². The molecule has 0 bridgehead atoms. The Morgan fingerprint density at radius 1 is 1.03 bits per heavy atom. The Hall–Kier alpha value is -4.61. The number of carbonyl (C=O) groups excluding carboxylic acids is 1. The third-order valence-corrected chi connectivity index (χ3v) is 6.06. The number of anilines is 1. The van der Waals surface area contributed by atoms with Gasteiger partial charge in [0.2, 0.25) is 0 Å². The Balaban J connectivity index is 1.77. The number of morpholine rings is 1. The van der Waals surface area contributed by atoms with E-state index in [0.717, 1.165) is 4.68 Å². The molecule has 3 aromatic carbocycles. The molecule has 0 atom stereocenters. The summed E-state index contributed by atoms with van der Waals surface area (Å²) in [6, 6.07) is 17.8. The van der Waals surface area contributed by atoms with Crippen molar-refractivity contribution in [2.75, 3.05) is 31.2 Å². The summed E-state index contributed by atoms with van der Waals surface area (Å²) in [6.45, 7) is 2.29. The summed E-state index contributed by atoms with van der Waals surface area (Å²) >= 11 is 0. The average molecular weight is 487 g/mol. The van der Waals surface area contributed by atoms with Gasteiger partial charge in [0.05, 0.1) is 29.2 Å². The lowest BCUT2D eigenvalue weighted by Crippen LogP contribution is -2.36. The summed E-state index contributed by atoms with van der Waals surface area (Å²) in [7, 11) is 0. The van der Waals surface area contributed by atoms with Gasteiger partial charge >= 0.3 is 0 Å². The number of ether oxygens (including phenoxy) is 1. The van der Waals surface area contributed by atoms with Gasteiger partial charge in [-0.2, -0.15) is 9.78 Å². The number of amides is 1. The van der Waals surface area contributed by atoms with Gasteiger partial charge in [-0.05, 0) is 30.3 Å². The van der Waals surface area contributed by atoms with Gasteiger partial charge in [-0.3, -0.25) is 24.9 Å². The molecule has 1 amide bonds. The van der Waals surface area contributed by atoms with Crippen LogP contribution in [0.15, 0.2) is 71.5 Å². The van der Waals surface area contributed by atoms with Crippen LogP contribution in [0.5, 0.6) is 0 Å². The Labute approximate surface area is 204 Å². The molecular formula is C25H21N5O6. The zero-order chi connectivity index (χ0) is 25.2. The topological polar surface area (TPSA) is 140 Å². The van der Waals surface area contributed by atoms with Crippen molar-refractivity contribution >= 4 is 28.1 Å². The molecule has 0 unspecified atom stereocenters. The first-order chi connectivity index (χ1) is 17.5. The number of hydrogen-bond donors (Lipinski definition) is 2. The SMILES string of the molecule is O=C(NO)c1cccc(-c2nn(-c3cc(N4CCOCC4)ccc3[N+](=O)[O-])c(=O)c3ccccc23)c1. The number of carbonyl (C=O) groups is 1. The van der Waals surface area contributed by atoms with E-state index < -0.39 is 16.4 Å². The van der Waals surface area contributed by atoms with Crippen LogP contribution in [0.25, 0.3) is 27.7 Å². The number of hydroxylamine groups is 1. The molecule has 1 aliphatic heterocycles. The molecule has 2 N–H and O–H groups in total. The maximum absolute atomic E-state index is 13.5. The first kappa shape index (κ1) is 23.1. The van der Waals surface area contributed by atoms with Crippen molar-refractivity contribution in [3.05, 3.63) is 92.8 Å². The van der Waals surface area contributed by atoms with Crippen LogP contribution in [-0.4, -0.2) is 52.1 Å². The zero-order valence-corrected chi connectivity index (χ0v) is 19.0. The number of hydrogen-bond acceptors (Lipinski definition) is 8. The Kier molecular flexibility index (Phi) is 6.15. The third-order valence-electron chi connectivity index (χ3n) is 6.06. The molecule has 4 aromatic rings. The van der Waals surface area contributed by atoms with E-state index in [1.165, 1.54) is 18.2 Å². The van der Waals surface area contributed by atoms with Crippen LogP contribution in [0.2, 0.25) is 0 Å². The van der Waals surface area contributed by atoms with Crippen molar-refractivity contribution < 1.29 is 19.7 Å². The van der Waals surface area contributed by atoms with Crippen molar-refractivity contribution in [1.82, 2.24) is 15.3 Å². The van der Waals surface area contributed by atoms with E-state index in [9.17, 15) is 19.7 Å². The van der Waals surface area contributed by atoms with Crippen molar-refractivity contribution in [2.45, 2.75) is 0 Å². The average Bonchev–Trinajstić information content (AvgIpc) is 2.93. The predicted molar refractivity (Wildman–Crippen MR) is 132 cm³/mol. The first-order valence-electron chi connectivity index (χ1n) is 11.2. The Morgan fingerprint density at radius 2 is 1.78 bits per heavy atom. The maximum atomic E-state index is 13.5. The molecule has 5 rings (SSSR count). The molecule has 0 saturated carbocycles. The van der Waals surface area contributed by atoms with Crippen LogP contribution in [0.1, 0.15) is 10.4 Å². The van der Waals surface area contributed by atoms with Crippen molar-refractivity contribution in [3.63, 3.8) is 0 Å². The lowest BCUT2D eigenvalue weighted by Gasteiger charge is -2.29. The highest BCUT2D eigenvalue weighted by atomic mass is 16.6. The standard InChI is InChI=1S/C25H21N5O6/c31-24(27-33)17-5-3-4-16(14-17)23-19-6-1-2-7-20(19)25(32)29(26-23)22-15-18(8-9-21(22)30(34)35)28-10-12-36-13-11-28/h1-9,14-15,33H,10-13H2,(H,27,31). The van der Waals surface area contributed by atoms with Gasteiger partial charge in [-0.25, -0.2) is 5.48 Å². The van der Waals surface area contributed by atoms with E-state index in [4.69, 9.17) is 9.94 Å². The number of fused-ring (bicyclic) bond motifs is 1. The van der Waals surface area contributed by atoms with Gasteiger partial charge in [0.1, 0.15) is 5.69 Å². The number of nitrogens with one attached hydrogen (secondary N) is 1. The van der Waals surface area contributed by atoms with E-state index in [0.29, 0.717) is 54.0 Å². The fourth-order valence-corrected chi connectivity index (χ4v) is 4.29. The lowest BCUT2D eigenvalue weighted by atomic mass is 10.0. The number of nitrogens with zero attached hydrogens (tertiary/aromatic N) is 4. The van der Waals surface area contributed by atoms with Gasteiger partial charge in [0.15, 0.2) is 0 Å². The predicted octanol–water partition coefficient (Wildman–Crippen LogP) is 2.92. The molecule has 1 aromatic heterocycles. The van der Waals surface area contributed by atoms with Gasteiger partial charge in [-0.15, -0.1) is 0 Å². The highest BCUT2D eigenvalue weighted by Gasteiger charge is 2.23. The van der Waals surface area contributed by atoms with Crippen molar-refractivity contribution in [1.29, 1.82) is 0 Å². The lowest BCUT2D eigenvalue weighted by molar-refractivity contribution is -0.384. The van der Waals surface area contributed by atoms with Crippen molar-refractivity contribution in [2.24, 2.45) is 0 Å². The smallest absolute Gasteiger partial charge is 0.295 e. The summed E-state index contributed by atoms with van der Waals surface area (Å²) in [5, 5.41) is 26.3. The van der Waals surface area contributed by atoms with Gasteiger partial charge in [0.25, 0.3) is 17.2 Å². The molecule has 0 aliphatic carbocycles.